The van der Waals surface area contributed by atoms with Gasteiger partial charge in [-0.2, -0.15) is 0 Å². The summed E-state index contributed by atoms with van der Waals surface area (Å²) in [6, 6.07) is 4.22. The number of para-hydroxylation sites is 1. The number of rotatable bonds is 5. The number of fused-ring (bicyclic) bond motifs is 1. The summed E-state index contributed by atoms with van der Waals surface area (Å²) in [5, 5.41) is 15.6. The van der Waals surface area contributed by atoms with Gasteiger partial charge >= 0.3 is 0 Å². The van der Waals surface area contributed by atoms with E-state index in [2.05, 4.69) is 10.6 Å². The Balaban J connectivity index is 1.82. The quantitative estimate of drug-likeness (QED) is 0.637. The number of likely N-dealkylation sites (tertiary alicyclic amines) is 1. The van der Waals surface area contributed by atoms with Gasteiger partial charge in [0.15, 0.2) is 0 Å². The highest BCUT2D eigenvalue weighted by atomic mass is 16.5. The molecule has 7 atom stereocenters. The van der Waals surface area contributed by atoms with Crippen LogP contribution in [0.2, 0.25) is 0 Å². The largest absolute Gasteiger partial charge is 0.394 e. The molecule has 3 aliphatic heterocycles. The van der Waals surface area contributed by atoms with E-state index in [-0.39, 0.29) is 30.2 Å². The van der Waals surface area contributed by atoms with Crippen molar-refractivity contribution >= 4 is 23.4 Å². The lowest BCUT2D eigenvalue weighted by molar-refractivity contribution is -0.148. The third kappa shape index (κ3) is 2.85. The Morgan fingerprint density at radius 2 is 1.91 bits per heavy atom. The van der Waals surface area contributed by atoms with E-state index in [0.29, 0.717) is 12.1 Å². The molecule has 0 radical (unpaired) electrons. The van der Waals surface area contributed by atoms with Gasteiger partial charge in [0.25, 0.3) is 0 Å². The SMILES string of the molecule is CNC(=O)[C@H]1[C@H]2C(=O)N([C@H](C)CO)C(C(=O)Nc3c(C)cccc3C)C23CC(C)[C@]1(C)O3. The van der Waals surface area contributed by atoms with Gasteiger partial charge in [0, 0.05) is 12.7 Å². The summed E-state index contributed by atoms with van der Waals surface area (Å²) in [7, 11) is 1.55. The fourth-order valence-corrected chi connectivity index (χ4v) is 6.30. The minimum atomic E-state index is -1.12. The summed E-state index contributed by atoms with van der Waals surface area (Å²) < 4.78 is 6.58. The Morgan fingerprint density at radius 1 is 1.28 bits per heavy atom. The van der Waals surface area contributed by atoms with E-state index in [9.17, 15) is 19.5 Å². The first-order valence-electron chi connectivity index (χ1n) is 11.2. The smallest absolute Gasteiger partial charge is 0.250 e. The van der Waals surface area contributed by atoms with Crippen molar-refractivity contribution in [3.63, 3.8) is 0 Å². The number of carbonyl (C=O) groups excluding carboxylic acids is 3. The van der Waals surface area contributed by atoms with E-state index in [1.807, 2.05) is 45.9 Å². The van der Waals surface area contributed by atoms with E-state index in [1.165, 1.54) is 4.90 Å². The maximum absolute atomic E-state index is 13.8. The number of aliphatic hydroxyl groups is 1. The number of amides is 3. The maximum Gasteiger partial charge on any atom is 0.250 e. The lowest BCUT2D eigenvalue weighted by atomic mass is 9.62. The van der Waals surface area contributed by atoms with Gasteiger partial charge in [0.2, 0.25) is 17.7 Å². The van der Waals surface area contributed by atoms with Gasteiger partial charge in [-0.1, -0.05) is 25.1 Å². The van der Waals surface area contributed by atoms with Gasteiger partial charge in [0.05, 0.1) is 30.1 Å². The van der Waals surface area contributed by atoms with E-state index in [0.717, 1.165) is 11.1 Å². The third-order valence-corrected chi connectivity index (χ3v) is 8.00. The monoisotopic (exact) mass is 443 g/mol. The Bertz CT molecular complexity index is 960. The number of carbonyl (C=O) groups is 3. The molecule has 3 unspecified atom stereocenters. The molecule has 1 aromatic carbocycles. The number of hydrogen-bond donors (Lipinski definition) is 3. The van der Waals surface area contributed by atoms with Crippen molar-refractivity contribution in [3.05, 3.63) is 29.3 Å². The topological polar surface area (TPSA) is 108 Å². The molecule has 2 bridgehead atoms. The minimum Gasteiger partial charge on any atom is -0.394 e. The Hall–Kier alpha value is -2.45. The number of aryl methyl sites for hydroxylation is 2. The van der Waals surface area contributed by atoms with Crippen molar-refractivity contribution in [2.75, 3.05) is 19.0 Å². The second-order valence-electron chi connectivity index (χ2n) is 9.85. The Morgan fingerprint density at radius 3 is 2.47 bits per heavy atom. The molecular weight excluding hydrogens is 410 g/mol. The summed E-state index contributed by atoms with van der Waals surface area (Å²) in [5.74, 6) is -2.41. The lowest BCUT2D eigenvalue weighted by Gasteiger charge is -2.36. The molecule has 3 amide bonds. The molecule has 174 valence electrons. The molecular formula is C24H33N3O5. The molecule has 0 aliphatic carbocycles. The van der Waals surface area contributed by atoms with E-state index in [1.54, 1.807) is 14.0 Å². The third-order valence-electron chi connectivity index (χ3n) is 8.00. The van der Waals surface area contributed by atoms with Gasteiger partial charge < -0.3 is 25.4 Å². The molecule has 4 rings (SSSR count). The van der Waals surface area contributed by atoms with Crippen molar-refractivity contribution < 1.29 is 24.2 Å². The zero-order valence-corrected chi connectivity index (χ0v) is 19.6. The van der Waals surface area contributed by atoms with Crippen LogP contribution in [0.1, 0.15) is 38.3 Å². The molecule has 1 spiro atoms. The van der Waals surface area contributed by atoms with Gasteiger partial charge in [0.1, 0.15) is 11.6 Å². The van der Waals surface area contributed by atoms with Gasteiger partial charge in [-0.05, 0) is 51.2 Å². The Kier molecular flexibility index (Phi) is 5.37. The minimum absolute atomic E-state index is 0.0197. The predicted octanol–water partition coefficient (Wildman–Crippen LogP) is 1.38. The normalized spacial score (nSPS) is 36.2. The summed E-state index contributed by atoms with van der Waals surface area (Å²) in [6.45, 7) is 9.13. The second kappa shape index (κ2) is 7.56. The molecule has 3 aliphatic rings. The number of benzene rings is 1. The molecule has 3 heterocycles. The van der Waals surface area contributed by atoms with Crippen LogP contribution in [0.15, 0.2) is 18.2 Å². The lowest BCUT2D eigenvalue weighted by Crippen LogP contribution is -2.56. The van der Waals surface area contributed by atoms with Gasteiger partial charge in [-0.3, -0.25) is 14.4 Å². The number of nitrogens with one attached hydrogen (secondary N) is 2. The van der Waals surface area contributed by atoms with Crippen LogP contribution in [0.5, 0.6) is 0 Å². The summed E-state index contributed by atoms with van der Waals surface area (Å²) in [6.07, 6.45) is 0.493. The number of aliphatic hydroxyl groups excluding tert-OH is 1. The predicted molar refractivity (Wildman–Crippen MR) is 119 cm³/mol. The maximum atomic E-state index is 13.8. The highest BCUT2D eigenvalue weighted by Crippen LogP contribution is 2.65. The van der Waals surface area contributed by atoms with E-state index in [4.69, 9.17) is 4.74 Å². The average molecular weight is 444 g/mol. The molecule has 8 heteroatoms. The molecule has 32 heavy (non-hydrogen) atoms. The summed E-state index contributed by atoms with van der Waals surface area (Å²) in [4.78, 5) is 41.9. The number of anilines is 1. The highest BCUT2D eigenvalue weighted by molar-refractivity contribution is 6.04. The molecule has 1 aromatic rings. The van der Waals surface area contributed by atoms with Crippen LogP contribution in [-0.4, -0.2) is 64.7 Å². The van der Waals surface area contributed by atoms with Crippen LogP contribution >= 0.6 is 0 Å². The second-order valence-corrected chi connectivity index (χ2v) is 9.85. The highest BCUT2D eigenvalue weighted by Gasteiger charge is 2.80. The zero-order chi connectivity index (χ0) is 23.6. The molecule has 3 fully saturated rings. The molecule has 3 saturated heterocycles. The van der Waals surface area contributed by atoms with Crippen molar-refractivity contribution in [3.8, 4) is 0 Å². The fraction of sp³-hybridized carbons (Fsp3) is 0.625. The number of ether oxygens (including phenoxy) is 1. The van der Waals surface area contributed by atoms with E-state index >= 15 is 0 Å². The van der Waals surface area contributed by atoms with Crippen LogP contribution in [0.25, 0.3) is 0 Å². The first-order chi connectivity index (χ1) is 15.0. The molecule has 8 nitrogen and oxygen atoms in total. The van der Waals surface area contributed by atoms with Crippen molar-refractivity contribution in [1.29, 1.82) is 0 Å². The molecule has 3 N–H and O–H groups in total. The van der Waals surface area contributed by atoms with Crippen LogP contribution in [-0.2, 0) is 19.1 Å². The standard InChI is InChI=1S/C24H33N3O5/c1-12-8-7-9-13(2)18(12)26-21(30)19-24-10-14(3)23(5,32-24)16(20(29)25-6)17(24)22(31)27(19)15(4)11-28/h7-9,14-17,19,28H,10-11H2,1-6H3,(H,25,29)(H,26,30)/t14?,15-,16-,17+,19?,23+,24?/m1/s1. The van der Waals surface area contributed by atoms with Crippen LogP contribution < -0.4 is 10.6 Å². The van der Waals surface area contributed by atoms with E-state index < -0.39 is 35.1 Å². The average Bonchev–Trinajstić information content (AvgIpc) is 3.26. The first kappa shape index (κ1) is 22.7. The fourth-order valence-electron chi connectivity index (χ4n) is 6.30. The molecule has 0 aromatic heterocycles. The number of nitrogens with zero attached hydrogens (tertiary/aromatic N) is 1. The van der Waals surface area contributed by atoms with Crippen molar-refractivity contribution in [2.45, 2.75) is 64.3 Å². The summed E-state index contributed by atoms with van der Waals surface area (Å²) in [5.41, 5.74) is 0.576. The van der Waals surface area contributed by atoms with Gasteiger partial charge in [-0.15, -0.1) is 0 Å². The Labute approximate surface area is 188 Å². The van der Waals surface area contributed by atoms with Crippen LogP contribution in [0.3, 0.4) is 0 Å². The first-order valence-corrected chi connectivity index (χ1v) is 11.2. The molecule has 0 saturated carbocycles. The van der Waals surface area contributed by atoms with Crippen molar-refractivity contribution in [1.82, 2.24) is 10.2 Å². The van der Waals surface area contributed by atoms with Crippen LogP contribution in [0, 0.1) is 31.6 Å². The zero-order valence-electron chi connectivity index (χ0n) is 19.6. The van der Waals surface area contributed by atoms with Crippen molar-refractivity contribution in [2.24, 2.45) is 17.8 Å². The van der Waals surface area contributed by atoms with Crippen LogP contribution in [0.4, 0.5) is 5.69 Å². The number of hydrogen-bond acceptors (Lipinski definition) is 5. The summed E-state index contributed by atoms with van der Waals surface area (Å²) >= 11 is 0. The van der Waals surface area contributed by atoms with Gasteiger partial charge in [-0.25, -0.2) is 0 Å².